The molecular weight excluding hydrogens is 401 g/mol. The van der Waals surface area contributed by atoms with Crippen molar-refractivity contribution in [1.82, 2.24) is 5.32 Å². The van der Waals surface area contributed by atoms with Crippen molar-refractivity contribution in [2.75, 3.05) is 7.05 Å². The monoisotopic (exact) mass is 413 g/mol. The first-order chi connectivity index (χ1) is 9.70. The van der Waals surface area contributed by atoms with Crippen LogP contribution in [-0.2, 0) is 0 Å². The highest BCUT2D eigenvalue weighted by atomic mass is 127. The average molecular weight is 414 g/mol. The number of benzene rings is 2. The Morgan fingerprint density at radius 3 is 2.75 bits per heavy atom. The second-order valence-corrected chi connectivity index (χ2v) is 7.06. The highest BCUT2D eigenvalue weighted by Crippen LogP contribution is 2.34. The van der Waals surface area contributed by atoms with Gasteiger partial charge in [-0.3, -0.25) is 0 Å². The molecule has 4 heteroatoms. The summed E-state index contributed by atoms with van der Waals surface area (Å²) in [6.07, 6.45) is 0. The first-order valence-electron chi connectivity index (χ1n) is 6.29. The van der Waals surface area contributed by atoms with Crippen LogP contribution in [0.25, 0.3) is 10.1 Å². The number of halogens is 2. The summed E-state index contributed by atoms with van der Waals surface area (Å²) in [6, 6.07) is 14.9. The normalized spacial score (nSPS) is 12.8. The fourth-order valence-electron chi connectivity index (χ4n) is 2.42. The number of thiophene rings is 1. The molecule has 0 amide bonds. The highest BCUT2D eigenvalue weighted by Gasteiger charge is 2.17. The zero-order valence-electron chi connectivity index (χ0n) is 10.9. The van der Waals surface area contributed by atoms with E-state index >= 15 is 0 Å². The van der Waals surface area contributed by atoms with Gasteiger partial charge in [-0.05, 0) is 69.7 Å². The Bertz CT molecular complexity index is 753. The van der Waals surface area contributed by atoms with E-state index < -0.39 is 0 Å². The van der Waals surface area contributed by atoms with Crippen LogP contribution in [0, 0.1) is 3.57 Å². The van der Waals surface area contributed by atoms with E-state index in [4.69, 9.17) is 11.6 Å². The molecule has 102 valence electrons. The molecule has 0 radical (unpaired) electrons. The smallest absolute Gasteiger partial charge is 0.0589 e. The average Bonchev–Trinajstić information content (AvgIpc) is 2.88. The SMILES string of the molecule is CNC(c1ccc(I)c(Cl)c1)c1csc2ccccc12. The van der Waals surface area contributed by atoms with Crippen molar-refractivity contribution < 1.29 is 0 Å². The molecule has 0 bridgehead atoms. The molecule has 1 nitrogen and oxygen atoms in total. The van der Waals surface area contributed by atoms with Crippen LogP contribution in [-0.4, -0.2) is 7.05 Å². The van der Waals surface area contributed by atoms with Gasteiger partial charge >= 0.3 is 0 Å². The highest BCUT2D eigenvalue weighted by molar-refractivity contribution is 14.1. The van der Waals surface area contributed by atoms with Gasteiger partial charge in [-0.15, -0.1) is 11.3 Å². The minimum atomic E-state index is 0.167. The minimum Gasteiger partial charge on any atom is -0.309 e. The summed E-state index contributed by atoms with van der Waals surface area (Å²) in [6.45, 7) is 0. The molecule has 0 fully saturated rings. The van der Waals surface area contributed by atoms with E-state index in [1.807, 2.05) is 7.05 Å². The lowest BCUT2D eigenvalue weighted by molar-refractivity contribution is 0.698. The van der Waals surface area contributed by atoms with Gasteiger partial charge in [0.05, 0.1) is 11.1 Å². The van der Waals surface area contributed by atoms with Crippen molar-refractivity contribution in [1.29, 1.82) is 0 Å². The largest absolute Gasteiger partial charge is 0.309 e. The van der Waals surface area contributed by atoms with Crippen LogP contribution in [0.1, 0.15) is 17.2 Å². The van der Waals surface area contributed by atoms with Gasteiger partial charge in [0.1, 0.15) is 0 Å². The summed E-state index contributed by atoms with van der Waals surface area (Å²) in [7, 11) is 1.99. The Hall–Kier alpha value is -0.620. The lowest BCUT2D eigenvalue weighted by Crippen LogP contribution is -2.17. The van der Waals surface area contributed by atoms with E-state index in [0.717, 1.165) is 8.59 Å². The van der Waals surface area contributed by atoms with Gasteiger partial charge in [-0.1, -0.05) is 35.9 Å². The molecule has 0 saturated heterocycles. The molecule has 1 atom stereocenters. The molecule has 20 heavy (non-hydrogen) atoms. The van der Waals surface area contributed by atoms with E-state index in [1.165, 1.54) is 21.2 Å². The summed E-state index contributed by atoms with van der Waals surface area (Å²) in [5, 5.41) is 7.76. The van der Waals surface area contributed by atoms with E-state index in [2.05, 4.69) is 75.8 Å². The van der Waals surface area contributed by atoms with E-state index in [-0.39, 0.29) is 6.04 Å². The van der Waals surface area contributed by atoms with Gasteiger partial charge in [0.25, 0.3) is 0 Å². The Morgan fingerprint density at radius 1 is 1.20 bits per heavy atom. The van der Waals surface area contributed by atoms with Crippen molar-refractivity contribution in [2.45, 2.75) is 6.04 Å². The number of hydrogen-bond acceptors (Lipinski definition) is 2. The minimum absolute atomic E-state index is 0.167. The fourth-order valence-corrected chi connectivity index (χ4v) is 3.93. The van der Waals surface area contributed by atoms with Crippen LogP contribution in [0.2, 0.25) is 5.02 Å². The molecule has 0 aliphatic carbocycles. The van der Waals surface area contributed by atoms with Crippen LogP contribution in [0.3, 0.4) is 0 Å². The van der Waals surface area contributed by atoms with Crippen molar-refractivity contribution in [3.8, 4) is 0 Å². The quantitative estimate of drug-likeness (QED) is 0.562. The maximum atomic E-state index is 6.26. The second-order valence-electron chi connectivity index (χ2n) is 4.58. The second kappa shape index (κ2) is 6.02. The molecule has 1 aromatic heterocycles. The molecule has 0 aliphatic heterocycles. The van der Waals surface area contributed by atoms with E-state index in [1.54, 1.807) is 11.3 Å². The van der Waals surface area contributed by atoms with E-state index in [9.17, 15) is 0 Å². The lowest BCUT2D eigenvalue weighted by Gasteiger charge is -2.17. The molecular formula is C16H13ClINS. The lowest BCUT2D eigenvalue weighted by atomic mass is 9.98. The van der Waals surface area contributed by atoms with Crippen LogP contribution in [0.4, 0.5) is 0 Å². The first kappa shape index (κ1) is 14.3. The van der Waals surface area contributed by atoms with Crippen molar-refractivity contribution in [3.63, 3.8) is 0 Å². The Morgan fingerprint density at radius 2 is 2.00 bits per heavy atom. The maximum absolute atomic E-state index is 6.26. The van der Waals surface area contributed by atoms with Crippen LogP contribution < -0.4 is 5.32 Å². The van der Waals surface area contributed by atoms with Gasteiger partial charge in [-0.25, -0.2) is 0 Å². The standard InChI is InChI=1S/C16H13ClINS/c1-19-16(10-6-7-14(18)13(17)8-10)12-9-20-15-5-3-2-4-11(12)15/h2-9,16,19H,1H3. The van der Waals surface area contributed by atoms with Crippen LogP contribution >= 0.6 is 45.5 Å². The van der Waals surface area contributed by atoms with Crippen molar-refractivity contribution >= 4 is 55.6 Å². The predicted molar refractivity (Wildman–Crippen MR) is 96.9 cm³/mol. The Balaban J connectivity index is 2.11. The van der Waals surface area contributed by atoms with Gasteiger partial charge in [0, 0.05) is 8.27 Å². The Labute approximate surface area is 141 Å². The zero-order chi connectivity index (χ0) is 14.1. The van der Waals surface area contributed by atoms with Crippen LogP contribution in [0.5, 0.6) is 0 Å². The van der Waals surface area contributed by atoms with Crippen LogP contribution in [0.15, 0.2) is 47.8 Å². The van der Waals surface area contributed by atoms with Gasteiger partial charge in [-0.2, -0.15) is 0 Å². The van der Waals surface area contributed by atoms with Crippen molar-refractivity contribution in [2.24, 2.45) is 0 Å². The summed E-state index contributed by atoms with van der Waals surface area (Å²) >= 11 is 10.3. The van der Waals surface area contributed by atoms with Gasteiger partial charge in [0.15, 0.2) is 0 Å². The number of fused-ring (bicyclic) bond motifs is 1. The molecule has 1 N–H and O–H groups in total. The molecule has 2 aromatic carbocycles. The molecule has 0 saturated carbocycles. The number of rotatable bonds is 3. The first-order valence-corrected chi connectivity index (χ1v) is 8.62. The third-order valence-electron chi connectivity index (χ3n) is 3.39. The van der Waals surface area contributed by atoms with Gasteiger partial charge < -0.3 is 5.32 Å². The summed E-state index contributed by atoms with van der Waals surface area (Å²) in [5.41, 5.74) is 2.51. The van der Waals surface area contributed by atoms with Crippen molar-refractivity contribution in [3.05, 3.63) is 67.6 Å². The number of hydrogen-bond donors (Lipinski definition) is 1. The summed E-state index contributed by atoms with van der Waals surface area (Å²) < 4.78 is 2.40. The van der Waals surface area contributed by atoms with Gasteiger partial charge in [0.2, 0.25) is 0 Å². The van der Waals surface area contributed by atoms with E-state index in [0.29, 0.717) is 0 Å². The fraction of sp³-hybridized carbons (Fsp3) is 0.125. The molecule has 0 spiro atoms. The number of nitrogens with one attached hydrogen (secondary N) is 1. The summed E-state index contributed by atoms with van der Waals surface area (Å²) in [5.74, 6) is 0. The molecule has 1 heterocycles. The Kier molecular flexibility index (Phi) is 4.31. The molecule has 3 aromatic rings. The maximum Gasteiger partial charge on any atom is 0.0589 e. The predicted octanol–water partition coefficient (Wildman–Crippen LogP) is 5.47. The summed E-state index contributed by atoms with van der Waals surface area (Å²) in [4.78, 5) is 0. The topological polar surface area (TPSA) is 12.0 Å². The third kappa shape index (κ3) is 2.60. The molecule has 1 unspecified atom stereocenters. The zero-order valence-corrected chi connectivity index (χ0v) is 14.6. The molecule has 3 rings (SSSR count). The third-order valence-corrected chi connectivity index (χ3v) is 5.94. The molecule has 0 aliphatic rings.